The Labute approximate surface area is 112 Å². The second-order valence-electron chi connectivity index (χ2n) is 4.95. The number of hydrogen-bond acceptors (Lipinski definition) is 2. The van der Waals surface area contributed by atoms with E-state index < -0.39 is 0 Å². The van der Waals surface area contributed by atoms with E-state index >= 15 is 0 Å². The first kappa shape index (κ1) is 13.4. The van der Waals surface area contributed by atoms with Gasteiger partial charge in [0.25, 0.3) is 5.91 Å². The first-order chi connectivity index (χ1) is 8.70. The van der Waals surface area contributed by atoms with Crippen LogP contribution in [0.15, 0.2) is 12.3 Å². The van der Waals surface area contributed by atoms with E-state index in [4.69, 9.17) is 17.3 Å². The van der Waals surface area contributed by atoms with Crippen LogP contribution < -0.4 is 11.1 Å². The number of carbonyl (C=O) groups is 1. The smallest absolute Gasteiger partial charge is 0.268 e. The second kappa shape index (κ2) is 6.25. The van der Waals surface area contributed by atoms with Gasteiger partial charge in [0.1, 0.15) is 5.69 Å². The van der Waals surface area contributed by atoms with Crippen LogP contribution >= 0.6 is 11.6 Å². The van der Waals surface area contributed by atoms with Gasteiger partial charge < -0.3 is 16.0 Å². The third-order valence-corrected chi connectivity index (χ3v) is 3.90. The van der Waals surface area contributed by atoms with Crippen LogP contribution in [0.3, 0.4) is 0 Å². The molecule has 1 saturated carbocycles. The molecule has 2 rings (SSSR count). The van der Waals surface area contributed by atoms with Gasteiger partial charge in [-0.15, -0.1) is 0 Å². The molecular weight excluding hydrogens is 250 g/mol. The fraction of sp³-hybridized carbons (Fsp3) is 0.615. The molecule has 5 heteroatoms. The fourth-order valence-electron chi connectivity index (χ4n) is 2.65. The summed E-state index contributed by atoms with van der Waals surface area (Å²) in [5.41, 5.74) is 6.28. The average molecular weight is 270 g/mol. The molecular formula is C13H20ClN3O. The van der Waals surface area contributed by atoms with E-state index in [1.165, 1.54) is 19.3 Å². The predicted molar refractivity (Wildman–Crippen MR) is 72.7 cm³/mol. The number of rotatable bonds is 4. The second-order valence-corrected chi connectivity index (χ2v) is 5.38. The van der Waals surface area contributed by atoms with Crippen LogP contribution in [0.1, 0.15) is 42.6 Å². The summed E-state index contributed by atoms with van der Waals surface area (Å²) in [6.07, 6.45) is 7.71. The molecule has 1 aromatic rings. The van der Waals surface area contributed by atoms with Crippen molar-refractivity contribution >= 4 is 17.5 Å². The van der Waals surface area contributed by atoms with E-state index in [-0.39, 0.29) is 11.9 Å². The van der Waals surface area contributed by atoms with Crippen molar-refractivity contribution in [2.24, 2.45) is 11.7 Å². The molecule has 0 radical (unpaired) electrons. The first-order valence-electron chi connectivity index (χ1n) is 6.55. The van der Waals surface area contributed by atoms with Crippen LogP contribution in [-0.2, 0) is 0 Å². The van der Waals surface area contributed by atoms with Crippen LogP contribution in [0.2, 0.25) is 5.02 Å². The quantitative estimate of drug-likeness (QED) is 0.785. The largest absolute Gasteiger partial charge is 0.356 e. The van der Waals surface area contributed by atoms with Gasteiger partial charge in [0, 0.05) is 18.8 Å². The standard InChI is InChI=1S/C13H20ClN3O/c14-10-6-11(16-8-10)13(18)17-12(7-15)9-4-2-1-3-5-9/h6,8-9,12,16H,1-5,7,15H2,(H,17,18). The van der Waals surface area contributed by atoms with Crippen molar-refractivity contribution < 1.29 is 4.79 Å². The normalized spacial score (nSPS) is 18.6. The van der Waals surface area contributed by atoms with Crippen molar-refractivity contribution in [3.05, 3.63) is 23.0 Å². The maximum Gasteiger partial charge on any atom is 0.268 e. The Balaban J connectivity index is 1.95. The molecule has 0 saturated heterocycles. The Morgan fingerprint density at radius 2 is 2.22 bits per heavy atom. The Hall–Kier alpha value is -1.00. The summed E-state index contributed by atoms with van der Waals surface area (Å²) in [4.78, 5) is 14.9. The summed E-state index contributed by atoms with van der Waals surface area (Å²) in [6.45, 7) is 0.491. The SMILES string of the molecule is NCC(NC(=O)c1cc(Cl)c[nH]1)C1CCCCC1. The molecule has 1 heterocycles. The van der Waals surface area contributed by atoms with Crippen LogP contribution in [-0.4, -0.2) is 23.5 Å². The maximum atomic E-state index is 12.0. The van der Waals surface area contributed by atoms with Gasteiger partial charge in [-0.2, -0.15) is 0 Å². The fourth-order valence-corrected chi connectivity index (χ4v) is 2.81. The van der Waals surface area contributed by atoms with E-state index in [9.17, 15) is 4.79 Å². The highest BCUT2D eigenvalue weighted by molar-refractivity contribution is 6.30. The van der Waals surface area contributed by atoms with Crippen molar-refractivity contribution in [3.8, 4) is 0 Å². The molecule has 1 aliphatic carbocycles. The van der Waals surface area contributed by atoms with E-state index in [0.717, 1.165) is 12.8 Å². The van der Waals surface area contributed by atoms with Crippen molar-refractivity contribution in [1.82, 2.24) is 10.3 Å². The zero-order chi connectivity index (χ0) is 13.0. The molecule has 0 spiro atoms. The lowest BCUT2D eigenvalue weighted by molar-refractivity contribution is 0.0911. The zero-order valence-electron chi connectivity index (χ0n) is 10.4. The van der Waals surface area contributed by atoms with E-state index in [0.29, 0.717) is 23.2 Å². The molecule has 1 unspecified atom stereocenters. The Morgan fingerprint density at radius 1 is 1.50 bits per heavy atom. The summed E-state index contributed by atoms with van der Waals surface area (Å²) in [7, 11) is 0. The van der Waals surface area contributed by atoms with Crippen molar-refractivity contribution in [1.29, 1.82) is 0 Å². The predicted octanol–water partition coefficient (Wildman–Crippen LogP) is 2.31. The molecule has 0 aromatic carbocycles. The van der Waals surface area contributed by atoms with Gasteiger partial charge in [-0.05, 0) is 24.8 Å². The lowest BCUT2D eigenvalue weighted by Gasteiger charge is -2.29. The summed E-state index contributed by atoms with van der Waals surface area (Å²) >= 11 is 5.79. The maximum absolute atomic E-state index is 12.0. The number of hydrogen-bond donors (Lipinski definition) is 3. The molecule has 1 fully saturated rings. The number of aromatic amines is 1. The minimum Gasteiger partial charge on any atom is -0.356 e. The topological polar surface area (TPSA) is 70.9 Å². The Morgan fingerprint density at radius 3 is 2.78 bits per heavy atom. The minimum atomic E-state index is -0.122. The molecule has 1 aromatic heterocycles. The molecule has 0 aliphatic heterocycles. The molecule has 0 bridgehead atoms. The summed E-state index contributed by atoms with van der Waals surface area (Å²) in [5.74, 6) is 0.390. The lowest BCUT2D eigenvalue weighted by Crippen LogP contribution is -2.46. The average Bonchev–Trinajstić information content (AvgIpc) is 2.83. The van der Waals surface area contributed by atoms with Crippen LogP contribution in [0.5, 0.6) is 0 Å². The third kappa shape index (κ3) is 3.27. The molecule has 1 atom stereocenters. The zero-order valence-corrected chi connectivity index (χ0v) is 11.2. The van der Waals surface area contributed by atoms with Crippen LogP contribution in [0.4, 0.5) is 0 Å². The van der Waals surface area contributed by atoms with Crippen molar-refractivity contribution in [3.63, 3.8) is 0 Å². The molecule has 4 N–H and O–H groups in total. The number of aromatic nitrogens is 1. The van der Waals surface area contributed by atoms with Gasteiger partial charge in [-0.1, -0.05) is 30.9 Å². The van der Waals surface area contributed by atoms with Crippen LogP contribution in [0, 0.1) is 5.92 Å². The van der Waals surface area contributed by atoms with E-state index in [1.807, 2.05) is 0 Å². The Bertz CT molecular complexity index is 399. The van der Waals surface area contributed by atoms with Gasteiger partial charge in [-0.3, -0.25) is 4.79 Å². The molecule has 100 valence electrons. The van der Waals surface area contributed by atoms with E-state index in [1.54, 1.807) is 12.3 Å². The van der Waals surface area contributed by atoms with Crippen molar-refractivity contribution in [2.75, 3.05) is 6.54 Å². The highest BCUT2D eigenvalue weighted by Gasteiger charge is 2.24. The number of amides is 1. The minimum absolute atomic E-state index is 0.0693. The molecule has 1 aliphatic rings. The molecule has 1 amide bonds. The number of nitrogens with two attached hydrogens (primary N) is 1. The highest BCUT2D eigenvalue weighted by atomic mass is 35.5. The first-order valence-corrected chi connectivity index (χ1v) is 6.93. The van der Waals surface area contributed by atoms with Gasteiger partial charge in [-0.25, -0.2) is 0 Å². The monoisotopic (exact) mass is 269 g/mol. The lowest BCUT2D eigenvalue weighted by atomic mass is 9.84. The Kier molecular flexibility index (Phi) is 4.66. The van der Waals surface area contributed by atoms with Gasteiger partial charge >= 0.3 is 0 Å². The van der Waals surface area contributed by atoms with Gasteiger partial charge in [0.05, 0.1) is 5.02 Å². The number of nitrogens with one attached hydrogen (secondary N) is 2. The number of H-pyrrole nitrogens is 1. The number of carbonyl (C=O) groups excluding carboxylic acids is 1. The summed E-state index contributed by atoms with van der Waals surface area (Å²) < 4.78 is 0. The third-order valence-electron chi connectivity index (χ3n) is 3.68. The van der Waals surface area contributed by atoms with E-state index in [2.05, 4.69) is 10.3 Å². The number of halogens is 1. The summed E-state index contributed by atoms with van der Waals surface area (Å²) in [6, 6.07) is 1.70. The summed E-state index contributed by atoms with van der Waals surface area (Å²) in [5, 5.41) is 3.56. The van der Waals surface area contributed by atoms with Crippen LogP contribution in [0.25, 0.3) is 0 Å². The van der Waals surface area contributed by atoms with Gasteiger partial charge in [0.15, 0.2) is 0 Å². The van der Waals surface area contributed by atoms with Crippen molar-refractivity contribution in [2.45, 2.75) is 38.1 Å². The molecule has 18 heavy (non-hydrogen) atoms. The van der Waals surface area contributed by atoms with Gasteiger partial charge in [0.2, 0.25) is 0 Å². The molecule has 4 nitrogen and oxygen atoms in total. The highest BCUT2D eigenvalue weighted by Crippen LogP contribution is 2.26.